The Hall–Kier alpha value is -3.62. The van der Waals surface area contributed by atoms with Gasteiger partial charge in [-0.05, 0) is 25.3 Å². The van der Waals surface area contributed by atoms with Crippen LogP contribution >= 0.6 is 0 Å². The Morgan fingerprint density at radius 1 is 1.17 bits per heavy atom. The number of nitro groups is 1. The van der Waals surface area contributed by atoms with Gasteiger partial charge in [-0.2, -0.15) is 0 Å². The number of amides is 1. The summed E-state index contributed by atoms with van der Waals surface area (Å²) in [4.78, 5) is 36.4. The molecular formula is C21H22N2O7. The second-order valence-corrected chi connectivity index (χ2v) is 6.85. The molecule has 3 rings (SSSR count). The predicted molar refractivity (Wildman–Crippen MR) is 107 cm³/mol. The van der Waals surface area contributed by atoms with Crippen LogP contribution in [-0.4, -0.2) is 41.6 Å². The van der Waals surface area contributed by atoms with Gasteiger partial charge >= 0.3 is 6.09 Å². The molecule has 0 N–H and O–H groups in total. The number of benzene rings is 2. The number of rotatable bonds is 9. The fraction of sp³-hybridized carbons (Fsp3) is 0.333. The maximum Gasteiger partial charge on any atom is 0.413 e. The molecule has 1 fully saturated rings. The fourth-order valence-corrected chi connectivity index (χ4v) is 2.89. The van der Waals surface area contributed by atoms with Crippen molar-refractivity contribution in [3.63, 3.8) is 0 Å². The minimum atomic E-state index is -0.657. The van der Waals surface area contributed by atoms with Gasteiger partial charge in [0.2, 0.25) is 0 Å². The zero-order valence-corrected chi connectivity index (χ0v) is 16.7. The average Bonchev–Trinajstić information content (AvgIpc) is 3.57. The molecule has 0 bridgehead atoms. The van der Waals surface area contributed by atoms with E-state index in [1.54, 1.807) is 0 Å². The van der Waals surface area contributed by atoms with Crippen molar-refractivity contribution in [2.45, 2.75) is 32.4 Å². The highest BCUT2D eigenvalue weighted by molar-refractivity contribution is 5.98. The third-order valence-corrected chi connectivity index (χ3v) is 4.64. The summed E-state index contributed by atoms with van der Waals surface area (Å²) in [5, 5.41) is 11.3. The van der Waals surface area contributed by atoms with Crippen molar-refractivity contribution >= 4 is 17.6 Å². The summed E-state index contributed by atoms with van der Waals surface area (Å²) in [6.45, 7) is 1.20. The first-order chi connectivity index (χ1) is 14.4. The largest absolute Gasteiger partial charge is 0.493 e. The summed E-state index contributed by atoms with van der Waals surface area (Å²) in [5.74, 6) is -0.231. The van der Waals surface area contributed by atoms with Gasteiger partial charge in [0.15, 0.2) is 24.0 Å². The minimum absolute atomic E-state index is 0.00857. The summed E-state index contributed by atoms with van der Waals surface area (Å²) < 4.78 is 16.3. The molecule has 0 atom stereocenters. The van der Waals surface area contributed by atoms with Crippen LogP contribution < -0.4 is 9.47 Å². The minimum Gasteiger partial charge on any atom is -0.493 e. The van der Waals surface area contributed by atoms with Gasteiger partial charge in [0.1, 0.15) is 6.61 Å². The molecule has 30 heavy (non-hydrogen) atoms. The molecule has 0 unspecified atom stereocenters. The molecule has 0 spiro atoms. The van der Waals surface area contributed by atoms with Crippen molar-refractivity contribution in [1.82, 2.24) is 4.90 Å². The molecule has 0 aromatic heterocycles. The van der Waals surface area contributed by atoms with E-state index in [2.05, 4.69) is 0 Å². The third kappa shape index (κ3) is 5.05. The molecule has 9 heteroatoms. The molecule has 9 nitrogen and oxygen atoms in total. The van der Waals surface area contributed by atoms with Crippen LogP contribution in [0.4, 0.5) is 10.5 Å². The summed E-state index contributed by atoms with van der Waals surface area (Å²) in [5.41, 5.74) is 0.396. The molecular weight excluding hydrogens is 392 g/mol. The van der Waals surface area contributed by atoms with E-state index >= 15 is 0 Å². The number of ketones is 1. The highest BCUT2D eigenvalue weighted by Crippen LogP contribution is 2.36. The molecule has 0 radical (unpaired) electrons. The van der Waals surface area contributed by atoms with E-state index in [-0.39, 0.29) is 42.1 Å². The van der Waals surface area contributed by atoms with Crippen LogP contribution in [0.1, 0.15) is 35.7 Å². The van der Waals surface area contributed by atoms with E-state index < -0.39 is 16.8 Å². The lowest BCUT2D eigenvalue weighted by Gasteiger charge is -2.22. The standard InChI is InChI=1S/C21H22N2O7/c1-14(24)17-10-19(28-2)20(11-18(17)23(26)27)30-13-22(16-8-9-16)21(25)29-12-15-6-4-3-5-7-15/h3-7,10-11,16H,8-9,12-13H2,1-2H3. The molecule has 158 valence electrons. The van der Waals surface area contributed by atoms with Crippen molar-refractivity contribution in [2.75, 3.05) is 13.8 Å². The van der Waals surface area contributed by atoms with Crippen molar-refractivity contribution in [3.05, 3.63) is 63.7 Å². The Morgan fingerprint density at radius 2 is 1.87 bits per heavy atom. The first-order valence-corrected chi connectivity index (χ1v) is 9.38. The monoisotopic (exact) mass is 414 g/mol. The van der Waals surface area contributed by atoms with Gasteiger partial charge in [-0.15, -0.1) is 0 Å². The third-order valence-electron chi connectivity index (χ3n) is 4.64. The number of nitro benzene ring substituents is 1. The van der Waals surface area contributed by atoms with E-state index in [0.717, 1.165) is 24.5 Å². The van der Waals surface area contributed by atoms with Crippen molar-refractivity contribution < 1.29 is 28.7 Å². The van der Waals surface area contributed by atoms with Crippen LogP contribution in [0.5, 0.6) is 11.5 Å². The number of ether oxygens (including phenoxy) is 3. The zero-order valence-electron chi connectivity index (χ0n) is 16.7. The zero-order chi connectivity index (χ0) is 21.7. The van der Waals surface area contributed by atoms with E-state index in [1.807, 2.05) is 30.3 Å². The van der Waals surface area contributed by atoms with Gasteiger partial charge in [-0.3, -0.25) is 19.8 Å². The van der Waals surface area contributed by atoms with Gasteiger partial charge < -0.3 is 14.2 Å². The number of Topliss-reactive ketones (excluding diaryl/α,β-unsaturated/α-hetero) is 1. The number of nitrogens with zero attached hydrogens (tertiary/aromatic N) is 2. The number of hydrogen-bond acceptors (Lipinski definition) is 7. The first-order valence-electron chi connectivity index (χ1n) is 9.38. The Balaban J connectivity index is 1.72. The van der Waals surface area contributed by atoms with Gasteiger partial charge in [0.05, 0.1) is 23.7 Å². The normalized spacial score (nSPS) is 12.7. The summed E-state index contributed by atoms with van der Waals surface area (Å²) in [6, 6.07) is 11.7. The van der Waals surface area contributed by atoms with Crippen LogP contribution in [0.25, 0.3) is 0 Å². The maximum absolute atomic E-state index is 12.5. The highest BCUT2D eigenvalue weighted by atomic mass is 16.6. The molecule has 1 saturated carbocycles. The van der Waals surface area contributed by atoms with Crippen molar-refractivity contribution in [2.24, 2.45) is 0 Å². The van der Waals surface area contributed by atoms with Gasteiger partial charge in [0, 0.05) is 12.1 Å². The summed E-state index contributed by atoms with van der Waals surface area (Å²) >= 11 is 0. The molecule has 0 aliphatic heterocycles. The van der Waals surface area contributed by atoms with Crippen LogP contribution in [0.2, 0.25) is 0 Å². The van der Waals surface area contributed by atoms with Crippen molar-refractivity contribution in [1.29, 1.82) is 0 Å². The number of methoxy groups -OCH3 is 1. The number of carbonyl (C=O) groups excluding carboxylic acids is 2. The van der Waals surface area contributed by atoms with Crippen molar-refractivity contribution in [3.8, 4) is 11.5 Å². The molecule has 1 aliphatic carbocycles. The molecule has 2 aromatic rings. The van der Waals surface area contributed by atoms with Gasteiger partial charge in [-0.25, -0.2) is 4.79 Å². The lowest BCUT2D eigenvalue weighted by Crippen LogP contribution is -2.36. The van der Waals surface area contributed by atoms with E-state index in [1.165, 1.54) is 25.0 Å². The number of carbonyl (C=O) groups is 2. The smallest absolute Gasteiger partial charge is 0.413 e. The molecule has 0 heterocycles. The lowest BCUT2D eigenvalue weighted by atomic mass is 10.1. The first kappa shape index (κ1) is 21.1. The van der Waals surface area contributed by atoms with E-state index in [0.29, 0.717) is 0 Å². The second-order valence-electron chi connectivity index (χ2n) is 6.85. The Bertz CT molecular complexity index is 942. The quantitative estimate of drug-likeness (QED) is 0.265. The Kier molecular flexibility index (Phi) is 6.51. The van der Waals surface area contributed by atoms with Crippen LogP contribution in [-0.2, 0) is 11.3 Å². The van der Waals surface area contributed by atoms with Crippen LogP contribution in [0, 0.1) is 10.1 Å². The van der Waals surface area contributed by atoms with E-state index in [4.69, 9.17) is 14.2 Å². The maximum atomic E-state index is 12.5. The summed E-state index contributed by atoms with van der Waals surface area (Å²) in [6.07, 6.45) is 1.12. The van der Waals surface area contributed by atoms with Gasteiger partial charge in [0.25, 0.3) is 5.69 Å². The number of hydrogen-bond donors (Lipinski definition) is 0. The molecule has 1 amide bonds. The average molecular weight is 414 g/mol. The fourth-order valence-electron chi connectivity index (χ4n) is 2.89. The highest BCUT2D eigenvalue weighted by Gasteiger charge is 2.34. The summed E-state index contributed by atoms with van der Waals surface area (Å²) in [7, 11) is 1.37. The lowest BCUT2D eigenvalue weighted by molar-refractivity contribution is -0.385. The van der Waals surface area contributed by atoms with Crippen LogP contribution in [0.3, 0.4) is 0 Å². The topological polar surface area (TPSA) is 108 Å². The molecule has 2 aromatic carbocycles. The Morgan fingerprint density at radius 3 is 2.43 bits per heavy atom. The SMILES string of the molecule is COc1cc(C(C)=O)c([N+](=O)[O-])cc1OCN(C(=O)OCc1ccccc1)C1CC1. The predicted octanol–water partition coefficient (Wildman–Crippen LogP) is 3.94. The van der Waals surface area contributed by atoms with Gasteiger partial charge in [-0.1, -0.05) is 30.3 Å². The molecule has 0 saturated heterocycles. The Labute approximate surface area is 173 Å². The molecule has 1 aliphatic rings. The van der Waals surface area contributed by atoms with E-state index in [9.17, 15) is 19.7 Å². The van der Waals surface area contributed by atoms with Crippen LogP contribution in [0.15, 0.2) is 42.5 Å². The second kappa shape index (κ2) is 9.25.